The molecular formula is C16H20ClN3O3S. The normalized spacial score (nSPS) is 11.5. The highest BCUT2D eigenvalue weighted by Crippen LogP contribution is 2.30. The first kappa shape index (κ1) is 18.5. The maximum atomic E-state index is 12.4. The lowest BCUT2D eigenvalue weighted by molar-refractivity contribution is 0.417. The van der Waals surface area contributed by atoms with Gasteiger partial charge in [0.1, 0.15) is 16.5 Å². The smallest absolute Gasteiger partial charge is 0.244 e. The van der Waals surface area contributed by atoms with E-state index in [1.807, 2.05) is 0 Å². The third-order valence-electron chi connectivity index (χ3n) is 3.50. The SMILES string of the molecule is CCN(CC)S(=O)(=O)c1ccc(Nc2cc(Cl)ccc2OC)nc1. The summed E-state index contributed by atoms with van der Waals surface area (Å²) in [6.07, 6.45) is 1.34. The lowest BCUT2D eigenvalue weighted by Crippen LogP contribution is -2.30. The highest BCUT2D eigenvalue weighted by atomic mass is 35.5. The summed E-state index contributed by atoms with van der Waals surface area (Å²) in [5.41, 5.74) is 0.650. The van der Waals surface area contributed by atoms with Gasteiger partial charge in [-0.25, -0.2) is 13.4 Å². The predicted octanol–water partition coefficient (Wildman–Crippen LogP) is 3.52. The molecule has 0 atom stereocenters. The Morgan fingerprint density at radius 1 is 1.21 bits per heavy atom. The molecule has 0 saturated carbocycles. The first-order valence-electron chi connectivity index (χ1n) is 7.49. The van der Waals surface area contributed by atoms with Crippen molar-refractivity contribution in [3.05, 3.63) is 41.6 Å². The largest absolute Gasteiger partial charge is 0.495 e. The molecule has 0 aliphatic heterocycles. The van der Waals surface area contributed by atoms with E-state index < -0.39 is 10.0 Å². The number of benzene rings is 1. The summed E-state index contributed by atoms with van der Waals surface area (Å²) in [6, 6.07) is 8.31. The van der Waals surface area contributed by atoms with Crippen LogP contribution in [0.2, 0.25) is 5.02 Å². The Bertz CT molecular complexity index is 791. The first-order valence-corrected chi connectivity index (χ1v) is 9.31. The predicted molar refractivity (Wildman–Crippen MR) is 95.6 cm³/mol. The van der Waals surface area contributed by atoms with Crippen LogP contribution in [0.4, 0.5) is 11.5 Å². The fourth-order valence-electron chi connectivity index (χ4n) is 2.24. The highest BCUT2D eigenvalue weighted by molar-refractivity contribution is 7.89. The molecular weight excluding hydrogens is 350 g/mol. The molecule has 0 radical (unpaired) electrons. The van der Waals surface area contributed by atoms with Crippen molar-refractivity contribution < 1.29 is 13.2 Å². The molecule has 0 aliphatic carbocycles. The van der Waals surface area contributed by atoms with Gasteiger partial charge in [-0.3, -0.25) is 0 Å². The van der Waals surface area contributed by atoms with E-state index in [4.69, 9.17) is 16.3 Å². The zero-order valence-corrected chi connectivity index (χ0v) is 15.4. The van der Waals surface area contributed by atoms with Crippen molar-refractivity contribution in [1.82, 2.24) is 9.29 Å². The van der Waals surface area contributed by atoms with Gasteiger partial charge in [-0.1, -0.05) is 25.4 Å². The second-order valence-corrected chi connectivity index (χ2v) is 7.31. The highest BCUT2D eigenvalue weighted by Gasteiger charge is 2.21. The standard InChI is InChI=1S/C16H20ClN3O3S/c1-4-20(5-2)24(21,22)13-7-9-16(18-11-13)19-14-10-12(17)6-8-15(14)23-3/h6-11H,4-5H2,1-3H3,(H,18,19). The fraction of sp³-hybridized carbons (Fsp3) is 0.312. The Hall–Kier alpha value is -1.83. The van der Waals surface area contributed by atoms with Gasteiger partial charge in [0.2, 0.25) is 10.0 Å². The van der Waals surface area contributed by atoms with E-state index in [0.29, 0.717) is 35.4 Å². The minimum Gasteiger partial charge on any atom is -0.495 e. The van der Waals surface area contributed by atoms with Gasteiger partial charge >= 0.3 is 0 Å². The summed E-state index contributed by atoms with van der Waals surface area (Å²) in [7, 11) is -1.96. The average Bonchev–Trinajstić information content (AvgIpc) is 2.56. The summed E-state index contributed by atoms with van der Waals surface area (Å²) < 4.78 is 31.5. The molecule has 130 valence electrons. The van der Waals surface area contributed by atoms with Gasteiger partial charge in [-0.15, -0.1) is 0 Å². The molecule has 0 bridgehead atoms. The van der Waals surface area contributed by atoms with Crippen LogP contribution >= 0.6 is 11.6 Å². The van der Waals surface area contributed by atoms with Gasteiger partial charge in [0.25, 0.3) is 0 Å². The van der Waals surface area contributed by atoms with Gasteiger partial charge in [-0.05, 0) is 30.3 Å². The van der Waals surface area contributed by atoms with E-state index in [1.165, 1.54) is 16.6 Å². The summed E-state index contributed by atoms with van der Waals surface area (Å²) in [5, 5.41) is 3.63. The van der Waals surface area contributed by atoms with Gasteiger partial charge in [-0.2, -0.15) is 4.31 Å². The number of nitrogens with zero attached hydrogens (tertiary/aromatic N) is 2. The summed E-state index contributed by atoms with van der Waals surface area (Å²) >= 11 is 5.99. The van der Waals surface area contributed by atoms with Crippen molar-refractivity contribution in [2.45, 2.75) is 18.7 Å². The molecule has 1 N–H and O–H groups in total. The molecule has 1 heterocycles. The Morgan fingerprint density at radius 2 is 1.92 bits per heavy atom. The van der Waals surface area contributed by atoms with E-state index in [0.717, 1.165) is 0 Å². The molecule has 0 aliphatic rings. The third-order valence-corrected chi connectivity index (χ3v) is 5.77. The molecule has 0 fully saturated rings. The van der Waals surface area contributed by atoms with Crippen LogP contribution < -0.4 is 10.1 Å². The Labute approximate surface area is 147 Å². The van der Waals surface area contributed by atoms with Crippen molar-refractivity contribution in [3.63, 3.8) is 0 Å². The Kier molecular flexibility index (Phi) is 6.04. The molecule has 1 aromatic heterocycles. The number of methoxy groups -OCH3 is 1. The van der Waals surface area contributed by atoms with Crippen molar-refractivity contribution >= 4 is 33.1 Å². The van der Waals surface area contributed by atoms with Crippen LogP contribution in [0.1, 0.15) is 13.8 Å². The van der Waals surface area contributed by atoms with E-state index in [2.05, 4.69) is 10.3 Å². The van der Waals surface area contributed by atoms with E-state index in [-0.39, 0.29) is 4.90 Å². The fourth-order valence-corrected chi connectivity index (χ4v) is 3.81. The molecule has 0 saturated heterocycles. The molecule has 24 heavy (non-hydrogen) atoms. The Morgan fingerprint density at radius 3 is 2.46 bits per heavy atom. The van der Waals surface area contributed by atoms with Crippen molar-refractivity contribution in [3.8, 4) is 5.75 Å². The number of nitrogens with one attached hydrogen (secondary N) is 1. The zero-order chi connectivity index (χ0) is 17.7. The van der Waals surface area contributed by atoms with Crippen LogP contribution in [-0.2, 0) is 10.0 Å². The van der Waals surface area contributed by atoms with Crippen LogP contribution in [0, 0.1) is 0 Å². The van der Waals surface area contributed by atoms with Gasteiger partial charge < -0.3 is 10.1 Å². The van der Waals surface area contributed by atoms with Crippen LogP contribution in [0.15, 0.2) is 41.4 Å². The number of rotatable bonds is 7. The quantitative estimate of drug-likeness (QED) is 0.808. The number of hydrogen-bond acceptors (Lipinski definition) is 5. The average molecular weight is 370 g/mol. The van der Waals surface area contributed by atoms with Crippen LogP contribution in [0.3, 0.4) is 0 Å². The minimum atomic E-state index is -3.51. The topological polar surface area (TPSA) is 71.5 Å². The van der Waals surface area contributed by atoms with Crippen LogP contribution in [0.5, 0.6) is 5.75 Å². The van der Waals surface area contributed by atoms with Crippen molar-refractivity contribution in [2.75, 3.05) is 25.5 Å². The third kappa shape index (κ3) is 3.98. The summed E-state index contributed by atoms with van der Waals surface area (Å²) in [4.78, 5) is 4.34. The lowest BCUT2D eigenvalue weighted by atomic mass is 10.3. The monoisotopic (exact) mass is 369 g/mol. The number of pyridine rings is 1. The van der Waals surface area contributed by atoms with Crippen LogP contribution in [0.25, 0.3) is 0 Å². The molecule has 0 spiro atoms. The number of halogens is 1. The minimum absolute atomic E-state index is 0.162. The number of sulfonamides is 1. The molecule has 2 aromatic rings. The molecule has 6 nitrogen and oxygen atoms in total. The first-order chi connectivity index (χ1) is 11.4. The number of anilines is 2. The lowest BCUT2D eigenvalue weighted by Gasteiger charge is -2.18. The van der Waals surface area contributed by atoms with Gasteiger partial charge in [0, 0.05) is 24.3 Å². The number of hydrogen-bond donors (Lipinski definition) is 1. The van der Waals surface area contributed by atoms with E-state index >= 15 is 0 Å². The molecule has 2 rings (SSSR count). The molecule has 0 unspecified atom stereocenters. The van der Waals surface area contributed by atoms with Crippen molar-refractivity contribution in [1.29, 1.82) is 0 Å². The zero-order valence-electron chi connectivity index (χ0n) is 13.8. The molecule has 8 heteroatoms. The second-order valence-electron chi connectivity index (χ2n) is 4.94. The second kappa shape index (κ2) is 7.83. The summed E-state index contributed by atoms with van der Waals surface area (Å²) in [6.45, 7) is 4.43. The van der Waals surface area contributed by atoms with Crippen LogP contribution in [-0.4, -0.2) is 37.9 Å². The summed E-state index contributed by atoms with van der Waals surface area (Å²) in [5.74, 6) is 1.11. The molecule has 1 aromatic carbocycles. The van der Waals surface area contributed by atoms with Crippen molar-refractivity contribution in [2.24, 2.45) is 0 Å². The van der Waals surface area contributed by atoms with Gasteiger partial charge in [0.15, 0.2) is 0 Å². The maximum absolute atomic E-state index is 12.4. The van der Waals surface area contributed by atoms with Gasteiger partial charge in [0.05, 0.1) is 12.8 Å². The van der Waals surface area contributed by atoms with E-state index in [1.54, 1.807) is 45.2 Å². The Balaban J connectivity index is 2.26. The van der Waals surface area contributed by atoms with E-state index in [9.17, 15) is 8.42 Å². The molecule has 0 amide bonds. The number of ether oxygens (including phenoxy) is 1. The maximum Gasteiger partial charge on any atom is 0.244 e. The number of aromatic nitrogens is 1.